The molecule has 0 aliphatic heterocycles. The van der Waals surface area contributed by atoms with Gasteiger partial charge in [0.1, 0.15) is 16.5 Å². The van der Waals surface area contributed by atoms with Gasteiger partial charge in [-0.1, -0.05) is 17.7 Å². The van der Waals surface area contributed by atoms with Crippen molar-refractivity contribution >= 4 is 27.3 Å². The molecular weight excluding hydrogens is 324 g/mol. The lowest BCUT2D eigenvalue weighted by Crippen LogP contribution is -2.15. The molecule has 0 fully saturated rings. The second-order valence-corrected chi connectivity index (χ2v) is 6.27. The smallest absolute Gasteiger partial charge is 0.264 e. The Morgan fingerprint density at radius 3 is 2.48 bits per heavy atom. The van der Waals surface area contributed by atoms with Crippen LogP contribution in [0.4, 0.5) is 14.5 Å². The van der Waals surface area contributed by atoms with E-state index >= 15 is 0 Å². The van der Waals surface area contributed by atoms with Crippen LogP contribution in [-0.4, -0.2) is 13.5 Å². The van der Waals surface area contributed by atoms with E-state index in [2.05, 4.69) is 0 Å². The van der Waals surface area contributed by atoms with E-state index < -0.39 is 33.2 Å². The summed E-state index contributed by atoms with van der Waals surface area (Å²) in [5.41, 5.74) is 0.0999. The molecule has 21 heavy (non-hydrogen) atoms. The van der Waals surface area contributed by atoms with Crippen LogP contribution in [0.2, 0.25) is 5.02 Å². The molecule has 0 aliphatic carbocycles. The van der Waals surface area contributed by atoms with Crippen LogP contribution < -0.4 is 4.72 Å². The highest BCUT2D eigenvalue weighted by Crippen LogP contribution is 2.23. The molecule has 0 saturated carbocycles. The van der Waals surface area contributed by atoms with Gasteiger partial charge in [-0.15, -0.1) is 0 Å². The van der Waals surface area contributed by atoms with E-state index in [-0.39, 0.29) is 16.3 Å². The van der Waals surface area contributed by atoms with Crippen LogP contribution in [0.15, 0.2) is 41.3 Å². The fraction of sp³-hybridized carbons (Fsp3) is 0.0769. The topological polar surface area (TPSA) is 66.4 Å². The minimum absolute atomic E-state index is 0.00252. The quantitative estimate of drug-likeness (QED) is 0.904. The average Bonchev–Trinajstić information content (AvgIpc) is 2.37. The molecule has 0 bridgehead atoms. The summed E-state index contributed by atoms with van der Waals surface area (Å²) in [5, 5.41) is 8.97. The van der Waals surface area contributed by atoms with Crippen LogP contribution in [-0.2, 0) is 16.6 Å². The van der Waals surface area contributed by atoms with Crippen LogP contribution in [0.25, 0.3) is 0 Å². The van der Waals surface area contributed by atoms with Crippen LogP contribution in [0.3, 0.4) is 0 Å². The van der Waals surface area contributed by atoms with Gasteiger partial charge in [0.25, 0.3) is 10.0 Å². The van der Waals surface area contributed by atoms with Crippen molar-refractivity contribution in [3.05, 3.63) is 58.6 Å². The van der Waals surface area contributed by atoms with Crippen LogP contribution in [0.1, 0.15) is 5.56 Å². The molecule has 0 atom stereocenters. The Kier molecular flexibility index (Phi) is 4.46. The van der Waals surface area contributed by atoms with E-state index in [1.165, 1.54) is 12.1 Å². The van der Waals surface area contributed by atoms with Crippen LogP contribution >= 0.6 is 11.6 Å². The van der Waals surface area contributed by atoms with Crippen LogP contribution in [0, 0.1) is 11.6 Å². The molecule has 112 valence electrons. The highest BCUT2D eigenvalue weighted by molar-refractivity contribution is 7.92. The van der Waals surface area contributed by atoms with Gasteiger partial charge in [0, 0.05) is 5.02 Å². The first-order chi connectivity index (χ1) is 9.81. The largest absolute Gasteiger partial charge is 0.392 e. The zero-order valence-corrected chi connectivity index (χ0v) is 12.0. The number of halogens is 3. The highest BCUT2D eigenvalue weighted by atomic mass is 35.5. The van der Waals surface area contributed by atoms with E-state index in [1.54, 1.807) is 0 Å². The van der Waals surface area contributed by atoms with Crippen LogP contribution in [0.5, 0.6) is 0 Å². The molecule has 2 aromatic carbocycles. The SMILES string of the molecule is O=S(=O)(Nc1cc(F)cc(Cl)c1)c1cc(CO)ccc1F. The Labute approximate surface area is 125 Å². The third kappa shape index (κ3) is 3.69. The van der Waals surface area contributed by atoms with E-state index in [0.717, 1.165) is 24.3 Å². The number of benzene rings is 2. The average molecular weight is 334 g/mol. The summed E-state index contributed by atoms with van der Waals surface area (Å²) in [5.74, 6) is -1.72. The normalized spacial score (nSPS) is 11.4. The zero-order chi connectivity index (χ0) is 15.6. The van der Waals surface area contributed by atoms with Crippen molar-refractivity contribution in [3.8, 4) is 0 Å². The maximum atomic E-state index is 13.7. The summed E-state index contributed by atoms with van der Waals surface area (Å²) >= 11 is 5.62. The molecule has 2 rings (SSSR count). The summed E-state index contributed by atoms with van der Waals surface area (Å²) < 4.78 is 53.1. The number of aliphatic hydroxyl groups excluding tert-OH is 1. The lowest BCUT2D eigenvalue weighted by Gasteiger charge is -2.10. The number of sulfonamides is 1. The van der Waals surface area contributed by atoms with E-state index in [0.29, 0.717) is 0 Å². The molecule has 8 heteroatoms. The molecule has 0 unspecified atom stereocenters. The first-order valence-corrected chi connectivity index (χ1v) is 7.56. The molecular formula is C13H10ClF2NO3S. The van der Waals surface area contributed by atoms with Gasteiger partial charge in [-0.3, -0.25) is 4.72 Å². The molecule has 2 aromatic rings. The minimum atomic E-state index is -4.27. The molecule has 0 radical (unpaired) electrons. The Balaban J connectivity index is 2.42. The van der Waals surface area contributed by atoms with E-state index in [1.807, 2.05) is 4.72 Å². The van der Waals surface area contributed by atoms with Gasteiger partial charge in [0.15, 0.2) is 0 Å². The van der Waals surface area contributed by atoms with E-state index in [4.69, 9.17) is 16.7 Å². The Morgan fingerprint density at radius 2 is 1.86 bits per heavy atom. The minimum Gasteiger partial charge on any atom is -0.392 e. The number of aliphatic hydroxyl groups is 1. The predicted molar refractivity (Wildman–Crippen MR) is 74.5 cm³/mol. The van der Waals surface area contributed by atoms with Gasteiger partial charge in [-0.2, -0.15) is 0 Å². The summed E-state index contributed by atoms with van der Waals surface area (Å²) in [7, 11) is -4.27. The molecule has 2 N–H and O–H groups in total. The van der Waals surface area contributed by atoms with Crippen molar-refractivity contribution < 1.29 is 22.3 Å². The first kappa shape index (κ1) is 15.7. The number of hydrogen-bond acceptors (Lipinski definition) is 3. The number of rotatable bonds is 4. The highest BCUT2D eigenvalue weighted by Gasteiger charge is 2.20. The lowest BCUT2D eigenvalue weighted by atomic mass is 10.2. The summed E-state index contributed by atoms with van der Waals surface area (Å²) in [6, 6.07) is 6.30. The molecule has 0 saturated heterocycles. The van der Waals surface area contributed by atoms with Gasteiger partial charge in [-0.05, 0) is 35.9 Å². The maximum Gasteiger partial charge on any atom is 0.264 e. The van der Waals surface area contributed by atoms with Crippen molar-refractivity contribution in [2.75, 3.05) is 4.72 Å². The van der Waals surface area contributed by atoms with Crippen molar-refractivity contribution in [1.82, 2.24) is 0 Å². The predicted octanol–water partition coefficient (Wildman–Crippen LogP) is 2.91. The third-order valence-electron chi connectivity index (χ3n) is 2.58. The van der Waals surface area contributed by atoms with Crippen molar-refractivity contribution in [2.24, 2.45) is 0 Å². The number of hydrogen-bond donors (Lipinski definition) is 2. The molecule has 0 aromatic heterocycles. The van der Waals surface area contributed by atoms with Gasteiger partial charge in [-0.25, -0.2) is 17.2 Å². The number of anilines is 1. The van der Waals surface area contributed by atoms with Gasteiger partial charge in [0.05, 0.1) is 12.3 Å². The summed E-state index contributed by atoms with van der Waals surface area (Å²) in [6.45, 7) is -0.436. The van der Waals surface area contributed by atoms with Gasteiger partial charge >= 0.3 is 0 Å². The Morgan fingerprint density at radius 1 is 1.14 bits per heavy atom. The second kappa shape index (κ2) is 5.97. The molecule has 0 heterocycles. The summed E-state index contributed by atoms with van der Waals surface area (Å²) in [4.78, 5) is -0.644. The Hall–Kier alpha value is -1.70. The monoisotopic (exact) mass is 333 g/mol. The van der Waals surface area contributed by atoms with Crippen molar-refractivity contribution in [1.29, 1.82) is 0 Å². The summed E-state index contributed by atoms with van der Waals surface area (Å²) in [6.07, 6.45) is 0. The fourth-order valence-corrected chi connectivity index (χ4v) is 3.07. The first-order valence-electron chi connectivity index (χ1n) is 5.70. The third-order valence-corrected chi connectivity index (χ3v) is 4.20. The maximum absolute atomic E-state index is 13.7. The lowest BCUT2D eigenvalue weighted by molar-refractivity contribution is 0.281. The van der Waals surface area contributed by atoms with Crippen molar-refractivity contribution in [2.45, 2.75) is 11.5 Å². The second-order valence-electron chi connectivity index (χ2n) is 4.19. The molecule has 4 nitrogen and oxygen atoms in total. The fourth-order valence-electron chi connectivity index (χ4n) is 1.67. The standard InChI is InChI=1S/C13H10ClF2NO3S/c14-9-4-10(15)6-11(5-9)17-21(19,20)13-3-8(7-18)1-2-12(13)16/h1-6,17-18H,7H2. The van der Waals surface area contributed by atoms with Crippen molar-refractivity contribution in [3.63, 3.8) is 0 Å². The molecule has 0 amide bonds. The van der Waals surface area contributed by atoms with Gasteiger partial charge < -0.3 is 5.11 Å². The van der Waals surface area contributed by atoms with Gasteiger partial charge in [0.2, 0.25) is 0 Å². The number of nitrogens with one attached hydrogen (secondary N) is 1. The van der Waals surface area contributed by atoms with E-state index in [9.17, 15) is 17.2 Å². The molecule has 0 aliphatic rings. The Bertz CT molecular complexity index is 761. The zero-order valence-electron chi connectivity index (χ0n) is 10.5. The molecule has 0 spiro atoms.